The average molecular weight is 239 g/mol. The molecule has 0 heterocycles. The lowest BCUT2D eigenvalue weighted by molar-refractivity contribution is 0.305. The minimum atomic E-state index is 0.845. The predicted molar refractivity (Wildman–Crippen MR) is 71.9 cm³/mol. The highest BCUT2D eigenvalue weighted by Crippen LogP contribution is 2.45. The van der Waals surface area contributed by atoms with E-state index in [1.54, 1.807) is 0 Å². The Bertz CT molecular complexity index is 223. The molecule has 3 fully saturated rings. The van der Waals surface area contributed by atoms with Gasteiger partial charge in [0, 0.05) is 17.3 Å². The SMILES string of the molecule is CSC1CCCC(NC(C2CC2)C2CC2)C1. The molecule has 3 rings (SSSR count). The summed E-state index contributed by atoms with van der Waals surface area (Å²) in [6, 6.07) is 1.75. The van der Waals surface area contributed by atoms with E-state index in [0.717, 1.165) is 29.2 Å². The first-order valence-corrected chi connectivity index (χ1v) is 8.44. The van der Waals surface area contributed by atoms with Gasteiger partial charge in [0.05, 0.1) is 0 Å². The molecule has 3 aliphatic carbocycles. The third-order valence-electron chi connectivity index (χ3n) is 4.65. The van der Waals surface area contributed by atoms with E-state index < -0.39 is 0 Å². The lowest BCUT2D eigenvalue weighted by Gasteiger charge is -2.32. The van der Waals surface area contributed by atoms with E-state index in [0.29, 0.717) is 0 Å². The van der Waals surface area contributed by atoms with E-state index in [4.69, 9.17) is 0 Å². The van der Waals surface area contributed by atoms with Gasteiger partial charge in [0.2, 0.25) is 0 Å². The van der Waals surface area contributed by atoms with Gasteiger partial charge in [-0.25, -0.2) is 0 Å². The summed E-state index contributed by atoms with van der Waals surface area (Å²) in [7, 11) is 0. The van der Waals surface area contributed by atoms with Crippen molar-refractivity contribution < 1.29 is 0 Å². The van der Waals surface area contributed by atoms with Crippen molar-refractivity contribution in [1.82, 2.24) is 5.32 Å². The van der Waals surface area contributed by atoms with Crippen molar-refractivity contribution in [3.05, 3.63) is 0 Å². The lowest BCUT2D eigenvalue weighted by atomic mass is 9.93. The highest BCUT2D eigenvalue weighted by Gasteiger charge is 2.42. The lowest BCUT2D eigenvalue weighted by Crippen LogP contribution is -2.44. The Morgan fingerprint density at radius 1 is 1.00 bits per heavy atom. The van der Waals surface area contributed by atoms with Crippen LogP contribution in [-0.4, -0.2) is 23.6 Å². The van der Waals surface area contributed by atoms with Gasteiger partial charge in [-0.05, 0) is 63.0 Å². The molecule has 0 bridgehead atoms. The molecule has 0 aromatic heterocycles. The normalized spacial score (nSPS) is 35.6. The molecule has 0 amide bonds. The molecular weight excluding hydrogens is 214 g/mol. The van der Waals surface area contributed by atoms with Crippen LogP contribution in [0.3, 0.4) is 0 Å². The Hall–Kier alpha value is 0.310. The van der Waals surface area contributed by atoms with Crippen LogP contribution in [0.2, 0.25) is 0 Å². The quantitative estimate of drug-likeness (QED) is 0.789. The minimum Gasteiger partial charge on any atom is -0.311 e. The molecule has 0 aliphatic heterocycles. The molecular formula is C14H25NS. The van der Waals surface area contributed by atoms with Gasteiger partial charge in [-0.2, -0.15) is 11.8 Å². The number of nitrogens with one attached hydrogen (secondary N) is 1. The molecule has 0 aromatic rings. The summed E-state index contributed by atoms with van der Waals surface area (Å²) in [5.41, 5.74) is 0. The molecule has 2 heteroatoms. The highest BCUT2D eigenvalue weighted by molar-refractivity contribution is 7.99. The van der Waals surface area contributed by atoms with Gasteiger partial charge in [0.1, 0.15) is 0 Å². The molecule has 3 aliphatic rings. The van der Waals surface area contributed by atoms with Crippen LogP contribution in [-0.2, 0) is 0 Å². The first-order chi connectivity index (χ1) is 7.86. The monoisotopic (exact) mass is 239 g/mol. The second-order valence-corrected chi connectivity index (χ2v) is 7.23. The van der Waals surface area contributed by atoms with Crippen LogP contribution in [0.1, 0.15) is 51.4 Å². The average Bonchev–Trinajstić information content (AvgIpc) is 3.18. The van der Waals surface area contributed by atoms with Crippen LogP contribution < -0.4 is 5.32 Å². The third kappa shape index (κ3) is 2.76. The van der Waals surface area contributed by atoms with Gasteiger partial charge < -0.3 is 5.32 Å². The van der Waals surface area contributed by atoms with E-state index in [1.165, 1.54) is 51.4 Å². The maximum atomic E-state index is 4.03. The van der Waals surface area contributed by atoms with E-state index in [9.17, 15) is 0 Å². The van der Waals surface area contributed by atoms with E-state index in [1.807, 2.05) is 0 Å². The molecule has 16 heavy (non-hydrogen) atoms. The fourth-order valence-corrected chi connectivity index (χ4v) is 4.18. The van der Waals surface area contributed by atoms with Crippen LogP contribution >= 0.6 is 11.8 Å². The van der Waals surface area contributed by atoms with Crippen LogP contribution in [0.4, 0.5) is 0 Å². The maximum Gasteiger partial charge on any atom is 0.0126 e. The molecule has 0 aromatic carbocycles. The Morgan fingerprint density at radius 3 is 2.25 bits per heavy atom. The first-order valence-electron chi connectivity index (χ1n) is 7.15. The second-order valence-electron chi connectivity index (χ2n) is 6.09. The van der Waals surface area contributed by atoms with Crippen molar-refractivity contribution in [3.63, 3.8) is 0 Å². The number of hydrogen-bond acceptors (Lipinski definition) is 2. The van der Waals surface area contributed by atoms with Crippen LogP contribution in [0.15, 0.2) is 0 Å². The Kier molecular flexibility index (Phi) is 3.49. The number of rotatable bonds is 5. The molecule has 0 radical (unpaired) electrons. The van der Waals surface area contributed by atoms with Crippen molar-refractivity contribution in [2.75, 3.05) is 6.26 Å². The number of hydrogen-bond donors (Lipinski definition) is 1. The highest BCUT2D eigenvalue weighted by atomic mass is 32.2. The maximum absolute atomic E-state index is 4.03. The van der Waals surface area contributed by atoms with Gasteiger partial charge in [0.15, 0.2) is 0 Å². The first kappa shape index (κ1) is 11.4. The van der Waals surface area contributed by atoms with Crippen molar-refractivity contribution in [2.24, 2.45) is 11.8 Å². The molecule has 3 saturated carbocycles. The summed E-state index contributed by atoms with van der Waals surface area (Å²) in [6.45, 7) is 0. The molecule has 1 N–H and O–H groups in total. The molecule has 0 spiro atoms. The van der Waals surface area contributed by atoms with Gasteiger partial charge in [-0.3, -0.25) is 0 Å². The van der Waals surface area contributed by atoms with Crippen LogP contribution in [0.5, 0.6) is 0 Å². The third-order valence-corrected chi connectivity index (χ3v) is 5.74. The van der Waals surface area contributed by atoms with E-state index in [-0.39, 0.29) is 0 Å². The fourth-order valence-electron chi connectivity index (χ4n) is 3.35. The van der Waals surface area contributed by atoms with E-state index in [2.05, 4.69) is 23.3 Å². The zero-order chi connectivity index (χ0) is 11.0. The molecule has 2 atom stereocenters. The zero-order valence-electron chi connectivity index (χ0n) is 10.5. The summed E-state index contributed by atoms with van der Waals surface area (Å²) in [5.74, 6) is 2.12. The number of thioether (sulfide) groups is 1. The molecule has 0 saturated heterocycles. The van der Waals surface area contributed by atoms with Crippen molar-refractivity contribution in [2.45, 2.75) is 68.7 Å². The smallest absolute Gasteiger partial charge is 0.0126 e. The largest absolute Gasteiger partial charge is 0.311 e. The van der Waals surface area contributed by atoms with E-state index >= 15 is 0 Å². The topological polar surface area (TPSA) is 12.0 Å². The summed E-state index contributed by atoms with van der Waals surface area (Å²) in [5, 5.41) is 4.97. The molecule has 2 unspecified atom stereocenters. The molecule has 92 valence electrons. The standard InChI is InChI=1S/C14H25NS/c1-16-13-4-2-3-12(9-13)15-14(10-5-6-10)11-7-8-11/h10-15H,2-9H2,1H3. The zero-order valence-corrected chi connectivity index (χ0v) is 11.3. The summed E-state index contributed by atoms with van der Waals surface area (Å²) in [6.07, 6.45) is 14.1. The molecule has 1 nitrogen and oxygen atoms in total. The van der Waals surface area contributed by atoms with Crippen LogP contribution in [0, 0.1) is 11.8 Å². The van der Waals surface area contributed by atoms with Crippen molar-refractivity contribution in [1.29, 1.82) is 0 Å². The summed E-state index contributed by atoms with van der Waals surface area (Å²) >= 11 is 2.08. The second kappa shape index (κ2) is 4.89. The Morgan fingerprint density at radius 2 is 1.69 bits per heavy atom. The van der Waals surface area contributed by atoms with Gasteiger partial charge in [0.25, 0.3) is 0 Å². The Balaban J connectivity index is 1.51. The van der Waals surface area contributed by atoms with Crippen LogP contribution in [0.25, 0.3) is 0 Å². The van der Waals surface area contributed by atoms with Gasteiger partial charge >= 0.3 is 0 Å². The fraction of sp³-hybridized carbons (Fsp3) is 1.00. The summed E-state index contributed by atoms with van der Waals surface area (Å²) < 4.78 is 0. The summed E-state index contributed by atoms with van der Waals surface area (Å²) in [4.78, 5) is 0. The van der Waals surface area contributed by atoms with Gasteiger partial charge in [-0.15, -0.1) is 0 Å². The van der Waals surface area contributed by atoms with Crippen molar-refractivity contribution in [3.8, 4) is 0 Å². The van der Waals surface area contributed by atoms with Crippen molar-refractivity contribution >= 4 is 11.8 Å². The van der Waals surface area contributed by atoms with Gasteiger partial charge in [-0.1, -0.05) is 6.42 Å². The minimum absolute atomic E-state index is 0.845. The Labute approximate surface area is 104 Å². The predicted octanol–water partition coefficient (Wildman–Crippen LogP) is 3.44.